The lowest BCUT2D eigenvalue weighted by atomic mass is 9.83. The quantitative estimate of drug-likeness (QED) is 0.560. The van der Waals surface area contributed by atoms with Crippen LogP contribution in [0.15, 0.2) is 47.5 Å². The summed E-state index contributed by atoms with van der Waals surface area (Å²) in [7, 11) is 0. The minimum Gasteiger partial charge on any atom is -0.361 e. The molecule has 0 fully saturated rings. The fourth-order valence-corrected chi connectivity index (χ4v) is 5.20. The number of carbonyl (C=O) groups excluding carboxylic acids is 1. The van der Waals surface area contributed by atoms with Crippen LogP contribution in [0, 0.1) is 13.8 Å². The Bertz CT molecular complexity index is 1020. The molecule has 1 aromatic carbocycles. The molecule has 1 atom stereocenters. The molecular formula is C21H19ClN2O2S. The molecule has 0 radical (unpaired) electrons. The van der Waals surface area contributed by atoms with E-state index in [1.165, 1.54) is 23.0 Å². The molecule has 4 nitrogen and oxygen atoms in total. The lowest BCUT2D eigenvalue weighted by molar-refractivity contribution is -0.127. The van der Waals surface area contributed by atoms with Crippen molar-refractivity contribution in [3.05, 3.63) is 74.8 Å². The van der Waals surface area contributed by atoms with Gasteiger partial charge in [0.15, 0.2) is 0 Å². The molecule has 1 amide bonds. The number of thiophene rings is 1. The summed E-state index contributed by atoms with van der Waals surface area (Å²) in [6.07, 6.45) is 1.37. The molecule has 0 spiro atoms. The van der Waals surface area contributed by atoms with E-state index in [9.17, 15) is 4.79 Å². The van der Waals surface area contributed by atoms with Gasteiger partial charge in [-0.3, -0.25) is 4.79 Å². The maximum absolute atomic E-state index is 12.3. The van der Waals surface area contributed by atoms with Gasteiger partial charge in [-0.15, -0.1) is 11.3 Å². The molecule has 0 unspecified atom stereocenters. The summed E-state index contributed by atoms with van der Waals surface area (Å²) in [5, 5.41) is 4.11. The Balaban J connectivity index is 1.88. The van der Waals surface area contributed by atoms with E-state index in [2.05, 4.69) is 23.9 Å². The van der Waals surface area contributed by atoms with Crippen molar-refractivity contribution in [1.82, 2.24) is 10.1 Å². The second kappa shape index (κ2) is 6.98. The third kappa shape index (κ3) is 3.11. The highest BCUT2D eigenvalue weighted by Gasteiger charge is 2.32. The van der Waals surface area contributed by atoms with Crippen molar-refractivity contribution in [3.63, 3.8) is 0 Å². The van der Waals surface area contributed by atoms with Gasteiger partial charge in [-0.1, -0.05) is 47.6 Å². The van der Waals surface area contributed by atoms with E-state index in [0.717, 1.165) is 37.4 Å². The minimum atomic E-state index is -0.0648. The van der Waals surface area contributed by atoms with E-state index in [1.807, 2.05) is 36.9 Å². The molecule has 1 aliphatic rings. The summed E-state index contributed by atoms with van der Waals surface area (Å²) in [4.78, 5) is 15.3. The topological polar surface area (TPSA) is 46.3 Å². The van der Waals surface area contributed by atoms with E-state index in [1.54, 1.807) is 0 Å². The molecule has 0 saturated heterocycles. The molecule has 1 aliphatic heterocycles. The summed E-state index contributed by atoms with van der Waals surface area (Å²) in [5.74, 6) is 0.759. The van der Waals surface area contributed by atoms with E-state index in [0.29, 0.717) is 13.1 Å². The number of aryl methyl sites for hydroxylation is 2. The van der Waals surface area contributed by atoms with E-state index >= 15 is 0 Å². The number of hydrogen-bond donors (Lipinski definition) is 0. The number of halogens is 1. The monoisotopic (exact) mass is 398 g/mol. The fraction of sp³-hybridized carbons (Fsp3) is 0.238. The molecule has 6 heteroatoms. The standard InChI is InChI=1S/C21H19ClN2O2S/c1-4-20(25)24-10-17(16-9-19(22)27-18(16)11-24)14-7-5-6-8-15(14)21-12(2)23-26-13(21)3/h4-9,17H,1,10-11H2,2-3H3/t17-/m0/s1. The molecule has 0 saturated carbocycles. The maximum Gasteiger partial charge on any atom is 0.246 e. The zero-order valence-corrected chi connectivity index (χ0v) is 16.7. The first-order chi connectivity index (χ1) is 13.0. The van der Waals surface area contributed by atoms with Crippen LogP contribution in [-0.4, -0.2) is 22.5 Å². The van der Waals surface area contributed by atoms with Gasteiger partial charge in [-0.05, 0) is 42.7 Å². The molecule has 27 heavy (non-hydrogen) atoms. The highest BCUT2D eigenvalue weighted by Crippen LogP contribution is 2.43. The van der Waals surface area contributed by atoms with Crippen LogP contribution in [0.4, 0.5) is 0 Å². The SMILES string of the molecule is C=CC(=O)N1Cc2sc(Cl)cc2[C@H](c2ccccc2-c2c(C)noc2C)C1. The molecule has 2 aromatic heterocycles. The average molecular weight is 399 g/mol. The van der Waals surface area contributed by atoms with Crippen LogP contribution in [-0.2, 0) is 11.3 Å². The summed E-state index contributed by atoms with van der Waals surface area (Å²) < 4.78 is 6.14. The number of fused-ring (bicyclic) bond motifs is 1. The number of hydrogen-bond acceptors (Lipinski definition) is 4. The van der Waals surface area contributed by atoms with Crippen LogP contribution in [0.5, 0.6) is 0 Å². The smallest absolute Gasteiger partial charge is 0.246 e. The molecule has 0 bridgehead atoms. The van der Waals surface area contributed by atoms with Gasteiger partial charge in [0.2, 0.25) is 5.91 Å². The van der Waals surface area contributed by atoms with Gasteiger partial charge in [-0.25, -0.2) is 0 Å². The molecule has 138 valence electrons. The molecular weight excluding hydrogens is 380 g/mol. The highest BCUT2D eigenvalue weighted by atomic mass is 35.5. The summed E-state index contributed by atoms with van der Waals surface area (Å²) in [5.41, 5.74) is 5.29. The number of rotatable bonds is 3. The third-order valence-electron chi connectivity index (χ3n) is 5.05. The Hall–Kier alpha value is -2.37. The van der Waals surface area contributed by atoms with Gasteiger partial charge in [0.05, 0.1) is 16.6 Å². The average Bonchev–Trinajstić information content (AvgIpc) is 3.21. The van der Waals surface area contributed by atoms with Gasteiger partial charge < -0.3 is 9.42 Å². The van der Waals surface area contributed by atoms with Crippen molar-refractivity contribution < 1.29 is 9.32 Å². The second-order valence-electron chi connectivity index (χ2n) is 6.69. The van der Waals surface area contributed by atoms with Crippen LogP contribution in [0.1, 0.15) is 33.4 Å². The maximum atomic E-state index is 12.3. The second-order valence-corrected chi connectivity index (χ2v) is 8.46. The normalized spacial score (nSPS) is 16.3. The van der Waals surface area contributed by atoms with Crippen LogP contribution >= 0.6 is 22.9 Å². The van der Waals surface area contributed by atoms with Crippen LogP contribution in [0.25, 0.3) is 11.1 Å². The zero-order valence-electron chi connectivity index (χ0n) is 15.2. The van der Waals surface area contributed by atoms with Crippen molar-refractivity contribution in [3.8, 4) is 11.1 Å². The van der Waals surface area contributed by atoms with Crippen molar-refractivity contribution >= 4 is 28.8 Å². The Morgan fingerprint density at radius 1 is 1.37 bits per heavy atom. The van der Waals surface area contributed by atoms with Crippen LogP contribution in [0.3, 0.4) is 0 Å². The molecule has 0 aliphatic carbocycles. The lowest BCUT2D eigenvalue weighted by Crippen LogP contribution is -2.37. The van der Waals surface area contributed by atoms with Gasteiger partial charge >= 0.3 is 0 Å². The first-order valence-corrected chi connectivity index (χ1v) is 9.90. The Morgan fingerprint density at radius 2 is 2.15 bits per heavy atom. The fourth-order valence-electron chi connectivity index (χ4n) is 3.84. The van der Waals surface area contributed by atoms with Gasteiger partial charge in [0.25, 0.3) is 0 Å². The molecule has 3 aromatic rings. The number of benzene rings is 1. The van der Waals surface area contributed by atoms with Gasteiger partial charge in [0.1, 0.15) is 5.76 Å². The van der Waals surface area contributed by atoms with E-state index in [-0.39, 0.29) is 11.8 Å². The summed E-state index contributed by atoms with van der Waals surface area (Å²) >= 11 is 7.86. The van der Waals surface area contributed by atoms with Crippen molar-refractivity contribution in [1.29, 1.82) is 0 Å². The van der Waals surface area contributed by atoms with Gasteiger partial charge in [-0.2, -0.15) is 0 Å². The number of carbonyl (C=O) groups is 1. The summed E-state index contributed by atoms with van der Waals surface area (Å²) in [6.45, 7) is 8.67. The third-order valence-corrected chi connectivity index (χ3v) is 6.31. The largest absolute Gasteiger partial charge is 0.361 e. The molecule has 4 rings (SSSR count). The first-order valence-electron chi connectivity index (χ1n) is 8.71. The summed E-state index contributed by atoms with van der Waals surface area (Å²) in [6, 6.07) is 10.3. The van der Waals surface area contributed by atoms with Crippen LogP contribution in [0.2, 0.25) is 4.34 Å². The van der Waals surface area contributed by atoms with Crippen molar-refractivity contribution in [2.75, 3.05) is 6.54 Å². The molecule has 0 N–H and O–H groups in total. The number of amides is 1. The highest BCUT2D eigenvalue weighted by molar-refractivity contribution is 7.16. The van der Waals surface area contributed by atoms with Crippen molar-refractivity contribution in [2.24, 2.45) is 0 Å². The lowest BCUT2D eigenvalue weighted by Gasteiger charge is -2.33. The predicted octanol–water partition coefficient (Wildman–Crippen LogP) is 5.33. The Labute approximate surface area is 167 Å². The van der Waals surface area contributed by atoms with Crippen LogP contribution < -0.4 is 0 Å². The minimum absolute atomic E-state index is 0.0336. The zero-order chi connectivity index (χ0) is 19.1. The number of aromatic nitrogens is 1. The van der Waals surface area contributed by atoms with Gasteiger partial charge in [0, 0.05) is 22.9 Å². The van der Waals surface area contributed by atoms with E-state index in [4.69, 9.17) is 16.1 Å². The molecule has 3 heterocycles. The number of nitrogens with zero attached hydrogens (tertiary/aromatic N) is 2. The predicted molar refractivity (Wildman–Crippen MR) is 108 cm³/mol. The first kappa shape index (κ1) is 18.0. The van der Waals surface area contributed by atoms with Crippen molar-refractivity contribution in [2.45, 2.75) is 26.3 Å². The Kier molecular flexibility index (Phi) is 4.66. The Morgan fingerprint density at radius 3 is 2.85 bits per heavy atom. The van der Waals surface area contributed by atoms with E-state index < -0.39 is 0 Å².